The summed E-state index contributed by atoms with van der Waals surface area (Å²) in [6.07, 6.45) is 2.75. The lowest BCUT2D eigenvalue weighted by Gasteiger charge is -2.27. The van der Waals surface area contributed by atoms with Crippen molar-refractivity contribution in [1.29, 1.82) is 0 Å². The molecule has 0 radical (unpaired) electrons. The van der Waals surface area contributed by atoms with Gasteiger partial charge in [0.1, 0.15) is 5.82 Å². The molecule has 2 aromatic carbocycles. The van der Waals surface area contributed by atoms with Crippen molar-refractivity contribution in [1.82, 2.24) is 15.4 Å². The third-order valence-corrected chi connectivity index (χ3v) is 8.22. The van der Waals surface area contributed by atoms with E-state index in [1.807, 2.05) is 37.1 Å². The number of aliphatic hydroxyl groups excluding tert-OH is 2. The molecule has 1 aromatic heterocycles. The number of carboxylic acids is 1. The number of hydrazine groups is 1. The van der Waals surface area contributed by atoms with Crippen molar-refractivity contribution in [2.45, 2.75) is 64.1 Å². The second kappa shape index (κ2) is 15.0. The van der Waals surface area contributed by atoms with E-state index in [9.17, 15) is 24.2 Å². The Morgan fingerprint density at radius 2 is 1.83 bits per heavy atom. The van der Waals surface area contributed by atoms with Gasteiger partial charge >= 0.3 is 12.0 Å². The number of halogens is 1. The molecule has 3 aromatic rings. The van der Waals surface area contributed by atoms with Gasteiger partial charge in [0, 0.05) is 36.3 Å². The number of rotatable bonds is 10. The van der Waals surface area contributed by atoms with Crippen molar-refractivity contribution in [3.8, 4) is 22.4 Å². The number of benzene rings is 2. The first-order chi connectivity index (χ1) is 22.1. The van der Waals surface area contributed by atoms with Crippen LogP contribution < -0.4 is 10.7 Å². The fraction of sp³-hybridized carbons (Fsp3) is 0.400. The average molecular weight is 633 g/mol. The van der Waals surface area contributed by atoms with Gasteiger partial charge in [0.15, 0.2) is 0 Å². The van der Waals surface area contributed by atoms with Gasteiger partial charge in [-0.15, -0.1) is 0 Å². The highest BCUT2D eigenvalue weighted by atomic mass is 19.1. The maximum atomic E-state index is 14.1. The van der Waals surface area contributed by atoms with Crippen molar-refractivity contribution in [3.05, 3.63) is 76.7 Å². The van der Waals surface area contributed by atoms with Gasteiger partial charge in [0.25, 0.3) is 0 Å². The monoisotopic (exact) mass is 632 g/mol. The van der Waals surface area contributed by atoms with Gasteiger partial charge < -0.3 is 25.4 Å². The number of ether oxygens (including phenoxy) is 1. The first kappa shape index (κ1) is 33.2. The molecule has 0 spiro atoms. The molecular formula is C35H41FN4O6. The molecule has 46 heavy (non-hydrogen) atoms. The minimum Gasteiger partial charge on any atom is -0.481 e. The zero-order valence-electron chi connectivity index (χ0n) is 26.1. The molecule has 0 unspecified atom stereocenters. The molecule has 2 aliphatic rings. The Bertz CT molecular complexity index is 1590. The van der Waals surface area contributed by atoms with Crippen LogP contribution in [0.15, 0.2) is 48.5 Å². The van der Waals surface area contributed by atoms with Gasteiger partial charge in [-0.2, -0.15) is 0 Å². The van der Waals surface area contributed by atoms with Crippen LogP contribution in [-0.4, -0.2) is 75.8 Å². The molecule has 1 saturated heterocycles. The van der Waals surface area contributed by atoms with Gasteiger partial charge in [-0.1, -0.05) is 44.2 Å². The molecule has 2 heterocycles. The van der Waals surface area contributed by atoms with Crippen LogP contribution in [-0.2, 0) is 22.4 Å². The Labute approximate surface area is 267 Å². The van der Waals surface area contributed by atoms with Crippen LogP contribution in [0.3, 0.4) is 0 Å². The molecule has 5 rings (SSSR count). The van der Waals surface area contributed by atoms with Crippen LogP contribution in [0.2, 0.25) is 0 Å². The van der Waals surface area contributed by atoms with Crippen LogP contribution in [0, 0.1) is 5.82 Å². The number of carboxylic acid groups (broad SMARTS) is 1. The second-order valence-corrected chi connectivity index (χ2v) is 12.1. The zero-order valence-corrected chi connectivity index (χ0v) is 26.1. The Balaban J connectivity index is 1.54. The summed E-state index contributed by atoms with van der Waals surface area (Å²) in [5.41, 5.74) is 10.7. The second-order valence-electron chi connectivity index (χ2n) is 12.1. The molecule has 2 amide bonds. The summed E-state index contributed by atoms with van der Waals surface area (Å²) in [4.78, 5) is 28.9. The van der Waals surface area contributed by atoms with E-state index in [1.54, 1.807) is 24.3 Å². The Hall–Kier alpha value is -4.16. The number of fused-ring (bicyclic) bond motifs is 3. The van der Waals surface area contributed by atoms with Crippen molar-refractivity contribution in [2.24, 2.45) is 0 Å². The lowest BCUT2D eigenvalue weighted by Crippen LogP contribution is -2.49. The number of nitrogens with one attached hydrogen (secondary N) is 2. The van der Waals surface area contributed by atoms with Gasteiger partial charge in [0.2, 0.25) is 0 Å². The number of aryl methyl sites for hydroxylation is 1. The van der Waals surface area contributed by atoms with Crippen molar-refractivity contribution < 1.29 is 34.0 Å². The molecule has 2 atom stereocenters. The summed E-state index contributed by atoms with van der Waals surface area (Å²) in [6.45, 7) is 6.45. The molecule has 0 saturated carbocycles. The van der Waals surface area contributed by atoms with Crippen LogP contribution in [0.5, 0.6) is 0 Å². The third kappa shape index (κ3) is 8.16. The lowest BCUT2D eigenvalue weighted by atomic mass is 9.86. The lowest BCUT2D eigenvalue weighted by molar-refractivity contribution is -0.139. The Morgan fingerprint density at radius 1 is 1.09 bits per heavy atom. The smallest absolute Gasteiger partial charge is 0.333 e. The summed E-state index contributed by atoms with van der Waals surface area (Å²) in [5, 5.41) is 34.5. The van der Waals surface area contributed by atoms with Gasteiger partial charge in [0.05, 0.1) is 43.2 Å². The number of aliphatic carboxylic acids is 1. The van der Waals surface area contributed by atoms with E-state index in [0.717, 1.165) is 57.6 Å². The van der Waals surface area contributed by atoms with E-state index in [2.05, 4.69) is 10.7 Å². The fourth-order valence-corrected chi connectivity index (χ4v) is 6.07. The number of aliphatic hydroxyl groups is 2. The minimum atomic E-state index is -1.19. The van der Waals surface area contributed by atoms with Crippen LogP contribution >= 0.6 is 0 Å². The minimum absolute atomic E-state index is 0.0181. The number of hydrogen-bond donors (Lipinski definition) is 5. The Morgan fingerprint density at radius 3 is 2.52 bits per heavy atom. The van der Waals surface area contributed by atoms with E-state index in [1.165, 1.54) is 12.1 Å². The average Bonchev–Trinajstić information content (AvgIpc) is 3.18. The van der Waals surface area contributed by atoms with Crippen molar-refractivity contribution in [2.75, 3.05) is 31.6 Å². The predicted molar refractivity (Wildman–Crippen MR) is 174 cm³/mol. The molecule has 1 aliphatic heterocycles. The molecule has 1 aliphatic carbocycles. The molecule has 11 heteroatoms. The summed E-state index contributed by atoms with van der Waals surface area (Å²) in [7, 11) is 0. The predicted octanol–water partition coefficient (Wildman–Crippen LogP) is 5.14. The topological polar surface area (TPSA) is 144 Å². The standard InChI is InChI=1S/C35H41FN4O6/c1-21(2)33-30(13-11-26(41)19-27(42)20-31(43)44)32(22-6-8-24(36)9-7-22)29-5-3-4-23-18-25(10-12-28(23)34(29)38-33)37-35(45)39-40-14-16-46-17-15-40/h6-13,18,21,26-27,41-42H,3-5,14-17,19-20H2,1-2H3,(H,43,44)(H2,37,39,45)/b13-11+/t26-,27-/m1/s1. The summed E-state index contributed by atoms with van der Waals surface area (Å²) < 4.78 is 19.4. The van der Waals surface area contributed by atoms with Gasteiger partial charge in [-0.3, -0.25) is 15.2 Å². The fourth-order valence-electron chi connectivity index (χ4n) is 6.07. The Kier molecular flexibility index (Phi) is 10.8. The van der Waals surface area contributed by atoms with E-state index in [-0.39, 0.29) is 24.2 Å². The normalized spacial score (nSPS) is 16.4. The first-order valence-electron chi connectivity index (χ1n) is 15.7. The summed E-state index contributed by atoms with van der Waals surface area (Å²) in [6, 6.07) is 11.9. The molecule has 1 fully saturated rings. The zero-order chi connectivity index (χ0) is 32.8. The SMILES string of the molecule is CC(C)c1nc2c(c(-c3ccc(F)cc3)c1/C=C/[C@@H](O)C[C@@H](O)CC(=O)O)CCCc1cc(NC(=O)NN3CCOCC3)ccc1-2. The van der Waals surface area contributed by atoms with E-state index < -0.39 is 24.6 Å². The number of carbonyl (C=O) groups excluding carboxylic acids is 1. The number of anilines is 1. The van der Waals surface area contributed by atoms with Gasteiger partial charge in [-0.05, 0) is 71.7 Å². The van der Waals surface area contributed by atoms with E-state index in [4.69, 9.17) is 14.8 Å². The maximum Gasteiger partial charge on any atom is 0.333 e. The number of aromatic nitrogens is 1. The molecule has 5 N–H and O–H groups in total. The summed E-state index contributed by atoms with van der Waals surface area (Å²) >= 11 is 0. The molecule has 10 nitrogen and oxygen atoms in total. The number of pyridine rings is 1. The number of amides is 2. The number of urea groups is 1. The number of hydrogen-bond acceptors (Lipinski definition) is 7. The van der Waals surface area contributed by atoms with E-state index in [0.29, 0.717) is 38.4 Å². The maximum absolute atomic E-state index is 14.1. The van der Waals surface area contributed by atoms with Crippen molar-refractivity contribution >= 4 is 23.8 Å². The molecular weight excluding hydrogens is 591 g/mol. The highest BCUT2D eigenvalue weighted by Gasteiger charge is 2.26. The summed E-state index contributed by atoms with van der Waals surface area (Å²) in [5.74, 6) is -1.51. The first-order valence-corrected chi connectivity index (χ1v) is 15.7. The number of nitrogens with zero attached hydrogens (tertiary/aromatic N) is 2. The molecule has 0 bridgehead atoms. The molecule has 244 valence electrons. The van der Waals surface area contributed by atoms with E-state index >= 15 is 0 Å². The quantitative estimate of drug-likeness (QED) is 0.207. The number of carbonyl (C=O) groups is 2. The third-order valence-electron chi connectivity index (χ3n) is 8.22. The van der Waals surface area contributed by atoms with Gasteiger partial charge in [-0.25, -0.2) is 14.2 Å². The largest absolute Gasteiger partial charge is 0.481 e. The van der Waals surface area contributed by atoms with Crippen molar-refractivity contribution in [3.63, 3.8) is 0 Å². The highest BCUT2D eigenvalue weighted by molar-refractivity contribution is 5.90. The van der Waals surface area contributed by atoms with Crippen LogP contribution in [0.1, 0.15) is 61.4 Å². The van der Waals surface area contributed by atoms with Crippen LogP contribution in [0.4, 0.5) is 14.9 Å². The highest BCUT2D eigenvalue weighted by Crippen LogP contribution is 2.42. The van der Waals surface area contributed by atoms with Crippen LogP contribution in [0.25, 0.3) is 28.5 Å². The number of morpholine rings is 1.